The summed E-state index contributed by atoms with van der Waals surface area (Å²) in [5.41, 5.74) is 2.88. The largest absolute Gasteiger partial charge is 0.328 e. The Kier molecular flexibility index (Phi) is 3.15. The van der Waals surface area contributed by atoms with Crippen LogP contribution >= 0.6 is 0 Å². The van der Waals surface area contributed by atoms with Crippen LogP contribution in [0.2, 0.25) is 0 Å². The summed E-state index contributed by atoms with van der Waals surface area (Å²) < 4.78 is 0. The van der Waals surface area contributed by atoms with E-state index in [0.717, 1.165) is 34.9 Å². The van der Waals surface area contributed by atoms with Gasteiger partial charge in [-0.15, -0.1) is 0 Å². The summed E-state index contributed by atoms with van der Waals surface area (Å²) in [6, 6.07) is 8.22. The Balaban J connectivity index is 2.04. The minimum Gasteiger partial charge on any atom is -0.328 e. The van der Waals surface area contributed by atoms with Gasteiger partial charge in [0.25, 0.3) is 5.56 Å². The van der Waals surface area contributed by atoms with Gasteiger partial charge in [-0.3, -0.25) is 14.8 Å². The third-order valence-electron chi connectivity index (χ3n) is 4.49. The zero-order valence-electron chi connectivity index (χ0n) is 13.2. The fraction of sp³-hybridized carbons (Fsp3) is 0.278. The van der Waals surface area contributed by atoms with E-state index in [1.54, 1.807) is 6.20 Å². The van der Waals surface area contributed by atoms with Crippen molar-refractivity contribution in [2.45, 2.75) is 19.3 Å². The summed E-state index contributed by atoms with van der Waals surface area (Å²) in [6.07, 6.45) is 4.47. The molecule has 1 aromatic carbocycles. The first-order chi connectivity index (χ1) is 11.2. The molecular formula is C18H18N4O. The molecule has 0 amide bonds. The number of nitrogens with zero attached hydrogens (tertiary/aromatic N) is 3. The van der Waals surface area contributed by atoms with E-state index in [-0.39, 0.29) is 11.5 Å². The number of aromatic amines is 1. The maximum absolute atomic E-state index is 12.3. The summed E-state index contributed by atoms with van der Waals surface area (Å²) >= 11 is 0. The zero-order valence-corrected chi connectivity index (χ0v) is 13.2. The van der Waals surface area contributed by atoms with Gasteiger partial charge in [-0.2, -0.15) is 5.10 Å². The minimum absolute atomic E-state index is 0.0861. The van der Waals surface area contributed by atoms with E-state index in [4.69, 9.17) is 0 Å². The van der Waals surface area contributed by atoms with Gasteiger partial charge in [0.05, 0.1) is 10.9 Å². The van der Waals surface area contributed by atoms with E-state index in [1.807, 2.05) is 24.3 Å². The van der Waals surface area contributed by atoms with Gasteiger partial charge < -0.3 is 4.98 Å². The molecule has 0 bridgehead atoms. The van der Waals surface area contributed by atoms with Crippen molar-refractivity contribution in [1.29, 1.82) is 0 Å². The lowest BCUT2D eigenvalue weighted by Gasteiger charge is -2.13. The fourth-order valence-corrected chi connectivity index (χ4v) is 3.31. The highest BCUT2D eigenvalue weighted by Gasteiger charge is 2.18. The van der Waals surface area contributed by atoms with E-state index < -0.39 is 0 Å². The average Bonchev–Trinajstić information content (AvgIpc) is 3.00. The van der Waals surface area contributed by atoms with Crippen LogP contribution in [-0.2, 0) is 6.42 Å². The Labute approximate surface area is 133 Å². The van der Waals surface area contributed by atoms with E-state index in [0.29, 0.717) is 5.39 Å². The molecule has 0 fully saturated rings. The summed E-state index contributed by atoms with van der Waals surface area (Å²) in [4.78, 5) is 19.8. The van der Waals surface area contributed by atoms with Crippen molar-refractivity contribution >= 4 is 27.9 Å². The van der Waals surface area contributed by atoms with Gasteiger partial charge in [-0.25, -0.2) is 0 Å². The first-order valence-corrected chi connectivity index (χ1v) is 7.86. The molecule has 1 aliphatic rings. The first-order valence-electron chi connectivity index (χ1n) is 7.86. The number of hydrogen-bond acceptors (Lipinski definition) is 4. The summed E-state index contributed by atoms with van der Waals surface area (Å²) in [6.45, 7) is 2.96. The smallest absolute Gasteiger partial charge is 0.258 e. The van der Waals surface area contributed by atoms with Gasteiger partial charge in [0, 0.05) is 43.0 Å². The van der Waals surface area contributed by atoms with Crippen molar-refractivity contribution in [3.63, 3.8) is 0 Å². The van der Waals surface area contributed by atoms with Crippen LogP contribution in [0.3, 0.4) is 0 Å². The van der Waals surface area contributed by atoms with Crippen LogP contribution in [0.15, 0.2) is 40.4 Å². The number of hydrazone groups is 1. The highest BCUT2D eigenvalue weighted by Crippen LogP contribution is 2.29. The van der Waals surface area contributed by atoms with Crippen molar-refractivity contribution < 1.29 is 0 Å². The summed E-state index contributed by atoms with van der Waals surface area (Å²) in [7, 11) is 1.97. The number of rotatable bonds is 2. The molecule has 1 atom stereocenters. The van der Waals surface area contributed by atoms with Crippen LogP contribution in [0.5, 0.6) is 0 Å². The van der Waals surface area contributed by atoms with Crippen molar-refractivity contribution in [2.24, 2.45) is 5.10 Å². The monoisotopic (exact) mass is 306 g/mol. The topological polar surface area (TPSA) is 61.4 Å². The molecule has 0 aliphatic carbocycles. The molecule has 4 rings (SSSR count). The Morgan fingerprint density at radius 1 is 1.30 bits per heavy atom. The lowest BCUT2D eigenvalue weighted by molar-refractivity contribution is 0.381. The Hall–Kier alpha value is -2.69. The standard InChI is InChI=1S/C18H18N4O/c1-3-15-13-5-4-11(12-9-20-22(2)10-12)8-14(13)17-16(21-15)6-7-19-18(17)23/h4-9,12H,3,10H2,1-2H3,(H,19,23). The van der Waals surface area contributed by atoms with E-state index in [2.05, 4.69) is 40.2 Å². The molecule has 2 aromatic heterocycles. The van der Waals surface area contributed by atoms with Gasteiger partial charge in [-0.05, 0) is 29.5 Å². The predicted octanol–water partition coefficient (Wildman–Crippen LogP) is 2.65. The summed E-state index contributed by atoms with van der Waals surface area (Å²) in [5, 5.41) is 8.96. The second kappa shape index (κ2) is 5.19. The number of H-pyrrole nitrogens is 1. The van der Waals surface area contributed by atoms with Gasteiger partial charge >= 0.3 is 0 Å². The highest BCUT2D eigenvalue weighted by atomic mass is 16.1. The summed E-state index contributed by atoms with van der Waals surface area (Å²) in [5.74, 6) is 0.264. The molecule has 5 heteroatoms. The molecule has 1 N–H and O–H groups in total. The van der Waals surface area contributed by atoms with Gasteiger partial charge in [0.15, 0.2) is 0 Å². The van der Waals surface area contributed by atoms with E-state index >= 15 is 0 Å². The number of pyridine rings is 2. The average molecular weight is 306 g/mol. The molecule has 0 spiro atoms. The quantitative estimate of drug-likeness (QED) is 0.740. The highest BCUT2D eigenvalue weighted by molar-refractivity contribution is 6.06. The number of benzene rings is 1. The SMILES string of the molecule is CCc1nc2cc[nH]c(=O)c2c2cc(C3C=NN(C)C3)ccc12. The number of aryl methyl sites for hydroxylation is 1. The van der Waals surface area contributed by atoms with Gasteiger partial charge in [0.2, 0.25) is 0 Å². The number of fused-ring (bicyclic) bond motifs is 3. The third kappa shape index (κ3) is 2.20. The predicted molar refractivity (Wildman–Crippen MR) is 93.1 cm³/mol. The number of nitrogens with one attached hydrogen (secondary N) is 1. The van der Waals surface area contributed by atoms with Crippen molar-refractivity contribution in [2.75, 3.05) is 13.6 Å². The van der Waals surface area contributed by atoms with Crippen LogP contribution in [0.1, 0.15) is 24.1 Å². The molecular weight excluding hydrogens is 288 g/mol. The van der Waals surface area contributed by atoms with E-state index in [9.17, 15) is 4.79 Å². The Bertz CT molecular complexity index is 989. The number of likely N-dealkylation sites (N-methyl/N-ethyl adjacent to an activating group) is 1. The van der Waals surface area contributed by atoms with Crippen LogP contribution in [-0.4, -0.2) is 34.8 Å². The number of aromatic nitrogens is 2. The normalized spacial score (nSPS) is 17.5. The maximum Gasteiger partial charge on any atom is 0.258 e. The van der Waals surface area contributed by atoms with Gasteiger partial charge in [0.1, 0.15) is 0 Å². The molecule has 3 aromatic rings. The van der Waals surface area contributed by atoms with Crippen molar-refractivity contribution in [3.05, 3.63) is 52.1 Å². The van der Waals surface area contributed by atoms with Crippen molar-refractivity contribution in [3.8, 4) is 0 Å². The van der Waals surface area contributed by atoms with Crippen LogP contribution < -0.4 is 5.56 Å². The van der Waals surface area contributed by atoms with Crippen LogP contribution in [0.4, 0.5) is 0 Å². The van der Waals surface area contributed by atoms with E-state index in [1.165, 1.54) is 5.56 Å². The lowest BCUT2D eigenvalue weighted by Crippen LogP contribution is -2.12. The van der Waals surface area contributed by atoms with Crippen LogP contribution in [0.25, 0.3) is 21.7 Å². The zero-order chi connectivity index (χ0) is 16.0. The fourth-order valence-electron chi connectivity index (χ4n) is 3.31. The molecule has 23 heavy (non-hydrogen) atoms. The maximum atomic E-state index is 12.3. The van der Waals surface area contributed by atoms with Crippen LogP contribution in [0, 0.1) is 0 Å². The molecule has 116 valence electrons. The first kappa shape index (κ1) is 13.9. The Morgan fingerprint density at radius 2 is 2.17 bits per heavy atom. The molecule has 1 unspecified atom stereocenters. The number of hydrogen-bond donors (Lipinski definition) is 1. The third-order valence-corrected chi connectivity index (χ3v) is 4.49. The molecule has 1 aliphatic heterocycles. The molecule has 3 heterocycles. The second-order valence-corrected chi connectivity index (χ2v) is 6.00. The molecule has 0 saturated heterocycles. The molecule has 0 radical (unpaired) electrons. The molecule has 5 nitrogen and oxygen atoms in total. The Morgan fingerprint density at radius 3 is 2.91 bits per heavy atom. The van der Waals surface area contributed by atoms with Crippen molar-refractivity contribution in [1.82, 2.24) is 15.0 Å². The molecule has 0 saturated carbocycles. The minimum atomic E-state index is -0.0861. The lowest BCUT2D eigenvalue weighted by atomic mass is 9.95. The van der Waals surface area contributed by atoms with Gasteiger partial charge in [-0.1, -0.05) is 19.1 Å². The second-order valence-electron chi connectivity index (χ2n) is 6.00.